The summed E-state index contributed by atoms with van der Waals surface area (Å²) in [6.45, 7) is 0.0455. The zero-order chi connectivity index (χ0) is 19.4. The largest absolute Gasteiger partial charge is 0.497 e. The van der Waals surface area contributed by atoms with Gasteiger partial charge in [0.2, 0.25) is 5.91 Å². The Morgan fingerprint density at radius 1 is 1.15 bits per heavy atom. The minimum absolute atomic E-state index is 0.159. The van der Waals surface area contributed by atoms with Crippen molar-refractivity contribution in [3.05, 3.63) is 53.6 Å². The molecule has 1 aliphatic rings. The van der Waals surface area contributed by atoms with Gasteiger partial charge in [0.15, 0.2) is 0 Å². The monoisotopic (exact) mass is 389 g/mol. The van der Waals surface area contributed by atoms with Gasteiger partial charge in [-0.05, 0) is 24.3 Å². The van der Waals surface area contributed by atoms with Crippen molar-refractivity contribution in [3.63, 3.8) is 0 Å². The number of rotatable bonds is 6. The Labute approximate surface area is 157 Å². The second-order valence-corrected chi connectivity index (χ2v) is 7.37. The summed E-state index contributed by atoms with van der Waals surface area (Å²) in [5, 5.41) is 2.74. The Morgan fingerprint density at radius 2 is 1.93 bits per heavy atom. The molecule has 0 saturated heterocycles. The molecule has 3 rings (SSSR count). The third kappa shape index (κ3) is 4.03. The van der Waals surface area contributed by atoms with E-state index in [1.54, 1.807) is 43.5 Å². The van der Waals surface area contributed by atoms with Gasteiger partial charge in [0.25, 0.3) is 10.0 Å². The molecular weight excluding hydrogens is 370 g/mol. The number of nitrogens with zero attached hydrogens (tertiary/aromatic N) is 1. The molecule has 2 aromatic rings. The molecule has 1 heterocycles. The number of carbonyl (C=O) groups is 1. The molecule has 0 unspecified atom stereocenters. The highest BCUT2D eigenvalue weighted by molar-refractivity contribution is 7.90. The van der Waals surface area contributed by atoms with Crippen LogP contribution in [0.25, 0.3) is 0 Å². The molecule has 0 aromatic heterocycles. The van der Waals surface area contributed by atoms with Gasteiger partial charge in [-0.2, -0.15) is 0 Å². The van der Waals surface area contributed by atoms with Crippen LogP contribution in [0.5, 0.6) is 11.5 Å². The van der Waals surface area contributed by atoms with Crippen molar-refractivity contribution in [2.45, 2.75) is 11.4 Å². The molecule has 0 bridgehead atoms. The third-order valence-corrected chi connectivity index (χ3v) is 5.41. The predicted molar refractivity (Wildman–Crippen MR) is 99.6 cm³/mol. The van der Waals surface area contributed by atoms with Gasteiger partial charge in [-0.25, -0.2) is 8.42 Å². The second-order valence-electron chi connectivity index (χ2n) is 5.72. The fourth-order valence-corrected chi connectivity index (χ4v) is 3.90. The minimum atomic E-state index is -3.61. The molecule has 0 aliphatic carbocycles. The first-order valence-electron chi connectivity index (χ1n) is 8.09. The average Bonchev–Trinajstić information content (AvgIpc) is 2.95. The number of amidine groups is 1. The zero-order valence-corrected chi connectivity index (χ0v) is 15.7. The Morgan fingerprint density at radius 3 is 2.67 bits per heavy atom. The summed E-state index contributed by atoms with van der Waals surface area (Å²) < 4.78 is 36.8. The molecule has 2 N–H and O–H groups in total. The lowest BCUT2D eigenvalue weighted by atomic mass is 10.2. The van der Waals surface area contributed by atoms with Gasteiger partial charge in [-0.15, -0.1) is 0 Å². The van der Waals surface area contributed by atoms with Crippen molar-refractivity contribution in [3.8, 4) is 11.5 Å². The van der Waals surface area contributed by atoms with Crippen LogP contribution in [0.15, 0.2) is 52.4 Å². The lowest BCUT2D eigenvalue weighted by molar-refractivity contribution is -0.119. The highest BCUT2D eigenvalue weighted by atomic mass is 32.2. The van der Waals surface area contributed by atoms with Crippen LogP contribution in [0, 0.1) is 0 Å². The fourth-order valence-electron chi connectivity index (χ4n) is 2.65. The number of benzene rings is 2. The van der Waals surface area contributed by atoms with Crippen LogP contribution in [0.2, 0.25) is 0 Å². The number of fused-ring (bicyclic) bond motifs is 1. The predicted octanol–water partition coefficient (Wildman–Crippen LogP) is 1.06. The first kappa shape index (κ1) is 18.7. The summed E-state index contributed by atoms with van der Waals surface area (Å²) in [4.78, 5) is 16.4. The summed E-state index contributed by atoms with van der Waals surface area (Å²) in [5.74, 6) is 1.07. The van der Waals surface area contributed by atoms with Crippen LogP contribution in [0.4, 0.5) is 0 Å². The van der Waals surface area contributed by atoms with E-state index in [0.29, 0.717) is 17.1 Å². The number of carbonyl (C=O) groups excluding carboxylic acids is 1. The van der Waals surface area contributed by atoms with Crippen LogP contribution in [0.1, 0.15) is 11.1 Å². The second kappa shape index (κ2) is 7.67. The standard InChI is InChI=1S/C18H19N3O5S/c1-25-13-8-7-12(15(9-13)26-2)10-19-17(22)11-20-18-14-5-3-4-6-16(14)27(23,24)21-18/h3-9H,10-11H2,1-2H3,(H,19,22)(H,20,21). The molecule has 0 fully saturated rings. The van der Waals surface area contributed by atoms with E-state index in [-0.39, 0.29) is 29.7 Å². The number of ether oxygens (including phenoxy) is 2. The molecule has 1 aliphatic heterocycles. The van der Waals surface area contributed by atoms with Crippen LogP contribution < -0.4 is 19.5 Å². The SMILES string of the molecule is COc1ccc(CNC(=O)CN=C2NS(=O)(=O)c3ccccc32)c(OC)c1. The molecule has 27 heavy (non-hydrogen) atoms. The van der Waals surface area contributed by atoms with Crippen molar-refractivity contribution in [1.82, 2.24) is 10.0 Å². The first-order chi connectivity index (χ1) is 12.9. The van der Waals surface area contributed by atoms with Gasteiger partial charge >= 0.3 is 0 Å². The summed E-state index contributed by atoms with van der Waals surface area (Å²) in [6.07, 6.45) is 0. The molecule has 8 nitrogen and oxygen atoms in total. The van der Waals surface area contributed by atoms with E-state index in [1.807, 2.05) is 0 Å². The fraction of sp³-hybridized carbons (Fsp3) is 0.222. The maximum absolute atomic E-state index is 12.1. The molecule has 0 radical (unpaired) electrons. The van der Waals surface area contributed by atoms with Gasteiger partial charge in [0, 0.05) is 23.7 Å². The molecule has 0 saturated carbocycles. The Bertz CT molecular complexity index is 1000. The summed E-state index contributed by atoms with van der Waals surface area (Å²) in [5.41, 5.74) is 1.24. The van der Waals surface area contributed by atoms with E-state index in [9.17, 15) is 13.2 Å². The van der Waals surface area contributed by atoms with Gasteiger partial charge in [0.1, 0.15) is 23.9 Å². The quantitative estimate of drug-likeness (QED) is 0.768. The molecule has 9 heteroatoms. The van der Waals surface area contributed by atoms with E-state index >= 15 is 0 Å². The number of methoxy groups -OCH3 is 2. The number of hydrogen-bond acceptors (Lipinski definition) is 6. The van der Waals surface area contributed by atoms with E-state index in [2.05, 4.69) is 15.0 Å². The van der Waals surface area contributed by atoms with Crippen LogP contribution in [0.3, 0.4) is 0 Å². The van der Waals surface area contributed by atoms with Crippen molar-refractivity contribution in [2.24, 2.45) is 4.99 Å². The minimum Gasteiger partial charge on any atom is -0.497 e. The Balaban J connectivity index is 1.65. The summed E-state index contributed by atoms with van der Waals surface area (Å²) in [7, 11) is -0.517. The Hall–Kier alpha value is -3.07. The van der Waals surface area contributed by atoms with Crippen molar-refractivity contribution < 1.29 is 22.7 Å². The van der Waals surface area contributed by atoms with Gasteiger partial charge in [0.05, 0.1) is 19.1 Å². The molecule has 0 atom stereocenters. The highest BCUT2D eigenvalue weighted by Gasteiger charge is 2.30. The highest BCUT2D eigenvalue weighted by Crippen LogP contribution is 2.24. The van der Waals surface area contributed by atoms with Crippen molar-refractivity contribution in [2.75, 3.05) is 20.8 Å². The number of nitrogens with one attached hydrogen (secondary N) is 2. The molecule has 0 spiro atoms. The maximum Gasteiger partial charge on any atom is 0.263 e. The number of amides is 1. The maximum atomic E-state index is 12.1. The smallest absolute Gasteiger partial charge is 0.263 e. The summed E-state index contributed by atoms with van der Waals surface area (Å²) >= 11 is 0. The zero-order valence-electron chi connectivity index (χ0n) is 14.9. The van der Waals surface area contributed by atoms with E-state index in [4.69, 9.17) is 9.47 Å². The van der Waals surface area contributed by atoms with E-state index in [0.717, 1.165) is 5.56 Å². The topological polar surface area (TPSA) is 106 Å². The van der Waals surface area contributed by atoms with Crippen LogP contribution in [-0.4, -0.2) is 40.9 Å². The number of hydrogen-bond donors (Lipinski definition) is 2. The van der Waals surface area contributed by atoms with Crippen molar-refractivity contribution in [1.29, 1.82) is 0 Å². The van der Waals surface area contributed by atoms with Crippen LogP contribution >= 0.6 is 0 Å². The summed E-state index contributed by atoms with van der Waals surface area (Å²) in [6, 6.07) is 11.8. The van der Waals surface area contributed by atoms with Gasteiger partial charge in [-0.1, -0.05) is 12.1 Å². The average molecular weight is 389 g/mol. The van der Waals surface area contributed by atoms with Gasteiger partial charge < -0.3 is 14.8 Å². The van der Waals surface area contributed by atoms with E-state index in [1.165, 1.54) is 13.2 Å². The lowest BCUT2D eigenvalue weighted by Crippen LogP contribution is -2.28. The Kier molecular flexibility index (Phi) is 5.31. The number of sulfonamides is 1. The molecular formula is C18H19N3O5S. The van der Waals surface area contributed by atoms with Gasteiger partial charge in [-0.3, -0.25) is 14.5 Å². The first-order valence-corrected chi connectivity index (χ1v) is 9.57. The molecule has 142 valence electrons. The molecule has 2 aromatic carbocycles. The number of aliphatic imine (C=N–C) groups is 1. The lowest BCUT2D eigenvalue weighted by Gasteiger charge is -2.11. The normalized spacial score (nSPS) is 15.7. The molecule has 1 amide bonds. The van der Waals surface area contributed by atoms with E-state index < -0.39 is 10.0 Å². The third-order valence-electron chi connectivity index (χ3n) is 4.01. The van der Waals surface area contributed by atoms with Crippen molar-refractivity contribution >= 4 is 21.8 Å². The van der Waals surface area contributed by atoms with Crippen LogP contribution in [-0.2, 0) is 21.4 Å².